The number of methoxy groups -OCH3 is 1. The van der Waals surface area contributed by atoms with Crippen LogP contribution in [0.5, 0.6) is 5.75 Å². The van der Waals surface area contributed by atoms with Crippen molar-refractivity contribution in [3.8, 4) is 5.75 Å². The van der Waals surface area contributed by atoms with Crippen molar-refractivity contribution in [2.45, 2.75) is 6.04 Å². The Morgan fingerprint density at radius 2 is 2.33 bits per heavy atom. The van der Waals surface area contributed by atoms with Crippen LogP contribution in [0.15, 0.2) is 30.9 Å². The molecule has 80 valence electrons. The molecule has 15 heavy (non-hydrogen) atoms. The predicted molar refractivity (Wildman–Crippen MR) is 56.6 cm³/mol. The van der Waals surface area contributed by atoms with Crippen LogP contribution < -0.4 is 5.73 Å². The van der Waals surface area contributed by atoms with Gasteiger partial charge in [0.1, 0.15) is 5.75 Å². The van der Waals surface area contributed by atoms with Gasteiger partial charge in [0.05, 0.1) is 18.7 Å². The van der Waals surface area contributed by atoms with Crippen molar-refractivity contribution < 1.29 is 14.6 Å². The van der Waals surface area contributed by atoms with Crippen LogP contribution in [0, 0.1) is 0 Å². The zero-order valence-electron chi connectivity index (χ0n) is 8.43. The SMILES string of the molecule is C=C[C@@H](N)c1cc(C(=O)OC)ccc1O. The highest BCUT2D eigenvalue weighted by molar-refractivity contribution is 5.89. The molecule has 1 aromatic carbocycles. The highest BCUT2D eigenvalue weighted by Gasteiger charge is 2.12. The van der Waals surface area contributed by atoms with Crippen molar-refractivity contribution in [2.75, 3.05) is 7.11 Å². The number of phenols is 1. The number of carbonyl (C=O) groups excluding carboxylic acids is 1. The Hall–Kier alpha value is -1.81. The Bertz CT molecular complexity index is 387. The second-order valence-corrected chi connectivity index (χ2v) is 3.03. The maximum absolute atomic E-state index is 11.2. The summed E-state index contributed by atoms with van der Waals surface area (Å²) in [6, 6.07) is 3.87. The van der Waals surface area contributed by atoms with Crippen LogP contribution in [0.25, 0.3) is 0 Å². The predicted octanol–water partition coefficient (Wildman–Crippen LogP) is 1.36. The van der Waals surface area contributed by atoms with Crippen LogP contribution in [0.2, 0.25) is 0 Å². The first kappa shape index (κ1) is 11.3. The summed E-state index contributed by atoms with van der Waals surface area (Å²) in [4.78, 5) is 11.2. The molecule has 0 saturated carbocycles. The summed E-state index contributed by atoms with van der Waals surface area (Å²) in [5.74, 6) is -0.428. The molecule has 0 unspecified atom stereocenters. The first-order valence-corrected chi connectivity index (χ1v) is 4.39. The van der Waals surface area contributed by atoms with Crippen molar-refractivity contribution in [3.05, 3.63) is 42.0 Å². The maximum Gasteiger partial charge on any atom is 0.337 e. The Labute approximate surface area is 88.0 Å². The molecule has 0 saturated heterocycles. The standard InChI is InChI=1S/C11H13NO3/c1-3-9(12)8-6-7(11(14)15-2)4-5-10(8)13/h3-6,9,13H,1,12H2,2H3/t9-/m1/s1. The number of ether oxygens (including phenoxy) is 1. The fourth-order valence-corrected chi connectivity index (χ4v) is 1.19. The molecule has 1 aromatic rings. The lowest BCUT2D eigenvalue weighted by atomic mass is 10.0. The molecule has 1 atom stereocenters. The summed E-state index contributed by atoms with van der Waals surface area (Å²) in [6.07, 6.45) is 1.48. The summed E-state index contributed by atoms with van der Waals surface area (Å²) >= 11 is 0. The van der Waals surface area contributed by atoms with Crippen LogP contribution in [0.4, 0.5) is 0 Å². The number of rotatable bonds is 3. The molecule has 1 rings (SSSR count). The highest BCUT2D eigenvalue weighted by Crippen LogP contribution is 2.24. The first-order chi connectivity index (χ1) is 7.10. The Morgan fingerprint density at radius 1 is 1.67 bits per heavy atom. The molecule has 0 amide bonds. The summed E-state index contributed by atoms with van der Waals surface area (Å²) in [5.41, 5.74) is 6.48. The third-order valence-corrected chi connectivity index (χ3v) is 2.06. The van der Waals surface area contributed by atoms with E-state index in [1.165, 1.54) is 31.4 Å². The van der Waals surface area contributed by atoms with Gasteiger partial charge in [-0.15, -0.1) is 6.58 Å². The smallest absolute Gasteiger partial charge is 0.337 e. The number of phenolic OH excluding ortho intramolecular Hbond substituents is 1. The van der Waals surface area contributed by atoms with Crippen LogP contribution in [-0.2, 0) is 4.74 Å². The number of aromatic hydroxyl groups is 1. The minimum Gasteiger partial charge on any atom is -0.508 e. The molecular formula is C11H13NO3. The number of hydrogen-bond acceptors (Lipinski definition) is 4. The van der Waals surface area contributed by atoms with Crippen LogP contribution in [-0.4, -0.2) is 18.2 Å². The van der Waals surface area contributed by atoms with Crippen LogP contribution >= 0.6 is 0 Å². The molecule has 0 aliphatic carbocycles. The fraction of sp³-hybridized carbons (Fsp3) is 0.182. The van der Waals surface area contributed by atoms with Gasteiger partial charge in [-0.1, -0.05) is 6.08 Å². The number of nitrogens with two attached hydrogens (primary N) is 1. The van der Waals surface area contributed by atoms with Gasteiger partial charge < -0.3 is 15.6 Å². The monoisotopic (exact) mass is 207 g/mol. The van der Waals surface area contributed by atoms with Crippen molar-refractivity contribution in [2.24, 2.45) is 5.73 Å². The van der Waals surface area contributed by atoms with Gasteiger partial charge in [-0.3, -0.25) is 0 Å². The Kier molecular flexibility index (Phi) is 3.46. The van der Waals surface area contributed by atoms with E-state index in [9.17, 15) is 9.90 Å². The third-order valence-electron chi connectivity index (χ3n) is 2.06. The van der Waals surface area contributed by atoms with E-state index in [1.54, 1.807) is 0 Å². The van der Waals surface area contributed by atoms with Crippen molar-refractivity contribution in [3.63, 3.8) is 0 Å². The van der Waals surface area contributed by atoms with Crippen molar-refractivity contribution in [1.82, 2.24) is 0 Å². The van der Waals surface area contributed by atoms with E-state index in [-0.39, 0.29) is 5.75 Å². The van der Waals surface area contributed by atoms with Crippen molar-refractivity contribution >= 4 is 5.97 Å². The highest BCUT2D eigenvalue weighted by atomic mass is 16.5. The molecule has 0 aliphatic rings. The van der Waals surface area contributed by atoms with E-state index < -0.39 is 12.0 Å². The average Bonchev–Trinajstić information content (AvgIpc) is 2.27. The lowest BCUT2D eigenvalue weighted by Crippen LogP contribution is -2.09. The van der Waals surface area contributed by atoms with E-state index in [2.05, 4.69) is 11.3 Å². The molecule has 0 fully saturated rings. The Balaban J connectivity index is 3.16. The lowest BCUT2D eigenvalue weighted by molar-refractivity contribution is 0.0600. The summed E-state index contributed by atoms with van der Waals surface area (Å²) in [5, 5.41) is 9.51. The van der Waals surface area contributed by atoms with Gasteiger partial charge in [0, 0.05) is 5.56 Å². The second-order valence-electron chi connectivity index (χ2n) is 3.03. The molecule has 0 bridgehead atoms. The van der Waals surface area contributed by atoms with E-state index in [4.69, 9.17) is 5.73 Å². The molecule has 0 aliphatic heterocycles. The van der Waals surface area contributed by atoms with Crippen LogP contribution in [0.3, 0.4) is 0 Å². The summed E-state index contributed by atoms with van der Waals surface area (Å²) in [6.45, 7) is 3.52. The number of benzene rings is 1. The second kappa shape index (κ2) is 4.61. The molecule has 4 heteroatoms. The van der Waals surface area contributed by atoms with Gasteiger partial charge in [-0.25, -0.2) is 4.79 Å². The molecule has 0 heterocycles. The van der Waals surface area contributed by atoms with E-state index >= 15 is 0 Å². The van der Waals surface area contributed by atoms with Gasteiger partial charge in [-0.2, -0.15) is 0 Å². The quantitative estimate of drug-likeness (QED) is 0.580. The van der Waals surface area contributed by atoms with E-state index in [0.29, 0.717) is 11.1 Å². The first-order valence-electron chi connectivity index (χ1n) is 4.39. The van der Waals surface area contributed by atoms with Gasteiger partial charge in [0.15, 0.2) is 0 Å². The minimum absolute atomic E-state index is 0.0371. The van der Waals surface area contributed by atoms with Crippen LogP contribution in [0.1, 0.15) is 22.0 Å². The number of esters is 1. The zero-order chi connectivity index (χ0) is 11.4. The molecule has 4 nitrogen and oxygen atoms in total. The van der Waals surface area contributed by atoms with Gasteiger partial charge in [0.2, 0.25) is 0 Å². The zero-order valence-corrected chi connectivity index (χ0v) is 8.43. The normalized spacial score (nSPS) is 11.9. The molecule has 3 N–H and O–H groups in total. The Morgan fingerprint density at radius 3 is 2.87 bits per heavy atom. The topological polar surface area (TPSA) is 72.6 Å². The third kappa shape index (κ3) is 2.35. The molecule has 0 spiro atoms. The summed E-state index contributed by atoms with van der Waals surface area (Å²) < 4.78 is 4.56. The molecule has 0 radical (unpaired) electrons. The lowest BCUT2D eigenvalue weighted by Gasteiger charge is -2.10. The molecule has 0 aromatic heterocycles. The van der Waals surface area contributed by atoms with E-state index in [0.717, 1.165) is 0 Å². The van der Waals surface area contributed by atoms with Gasteiger partial charge >= 0.3 is 5.97 Å². The van der Waals surface area contributed by atoms with Gasteiger partial charge in [0.25, 0.3) is 0 Å². The fourth-order valence-electron chi connectivity index (χ4n) is 1.19. The maximum atomic E-state index is 11.2. The minimum atomic E-state index is -0.505. The number of carbonyl (C=O) groups is 1. The van der Waals surface area contributed by atoms with Gasteiger partial charge in [-0.05, 0) is 18.2 Å². The van der Waals surface area contributed by atoms with Crippen molar-refractivity contribution in [1.29, 1.82) is 0 Å². The van der Waals surface area contributed by atoms with E-state index in [1.807, 2.05) is 0 Å². The summed E-state index contributed by atoms with van der Waals surface area (Å²) in [7, 11) is 1.29. The molecular weight excluding hydrogens is 194 g/mol. The average molecular weight is 207 g/mol. The number of hydrogen-bond donors (Lipinski definition) is 2. The largest absolute Gasteiger partial charge is 0.508 e.